The number of sulfone groups is 1. The Morgan fingerprint density at radius 3 is 2.28 bits per heavy atom. The number of nitrogens with zero attached hydrogens (tertiary/aromatic N) is 1. The minimum atomic E-state index is -3.52. The molecule has 1 aliphatic rings. The van der Waals surface area contributed by atoms with Crippen molar-refractivity contribution in [1.82, 2.24) is 4.90 Å². The highest BCUT2D eigenvalue weighted by Crippen LogP contribution is 2.45. The molecule has 0 bridgehead atoms. The molecule has 0 N–H and O–H groups in total. The summed E-state index contributed by atoms with van der Waals surface area (Å²) in [6.07, 6.45) is -0.553. The highest BCUT2D eigenvalue weighted by atomic mass is 35.5. The number of rotatable bonds is 9. The summed E-state index contributed by atoms with van der Waals surface area (Å²) < 4.78 is 37.3. The van der Waals surface area contributed by atoms with E-state index in [9.17, 15) is 13.2 Å². The van der Waals surface area contributed by atoms with Gasteiger partial charge >= 0.3 is 0 Å². The molecule has 1 fully saturated rings. The van der Waals surface area contributed by atoms with Crippen LogP contribution in [0.2, 0.25) is 10.0 Å². The van der Waals surface area contributed by atoms with E-state index in [-0.39, 0.29) is 11.7 Å². The number of morpholine rings is 1. The van der Waals surface area contributed by atoms with Crippen LogP contribution in [-0.2, 0) is 24.1 Å². The lowest BCUT2D eigenvalue weighted by atomic mass is 9.89. The fourth-order valence-electron chi connectivity index (χ4n) is 4.42. The third-order valence-electron chi connectivity index (χ3n) is 6.61. The maximum atomic E-state index is 14.0. The topological polar surface area (TPSA) is 72.9 Å². The highest BCUT2D eigenvalue weighted by molar-refractivity contribution is 7.92. The standard InChI is InChI=1S/C27H35Cl2NO5S/c1-6-22(17-36(32,33)27(2,3)4)30-24(18-10-12-20(28)13-11-18)25(19-8-7-9-21(29)16-19)35-23(26(30)31)14-15-34-5/h7-13,16,22-25H,6,14-15,17H2,1-5H3. The third kappa shape index (κ3) is 6.43. The van der Waals surface area contributed by atoms with Gasteiger partial charge < -0.3 is 14.4 Å². The molecule has 2 aromatic carbocycles. The molecule has 1 amide bonds. The number of benzene rings is 2. The van der Waals surface area contributed by atoms with Crippen molar-refractivity contribution >= 4 is 38.9 Å². The molecule has 3 rings (SSSR count). The van der Waals surface area contributed by atoms with Gasteiger partial charge in [0.2, 0.25) is 0 Å². The SMILES string of the molecule is CCC(CS(=O)(=O)C(C)(C)C)N1C(=O)C(CCOC)OC(c2cccc(Cl)c2)C1c1ccc(Cl)cc1. The van der Waals surface area contributed by atoms with Crippen molar-refractivity contribution in [2.75, 3.05) is 19.5 Å². The van der Waals surface area contributed by atoms with Crippen LogP contribution in [-0.4, -0.2) is 55.6 Å². The zero-order chi connectivity index (χ0) is 26.7. The fraction of sp³-hybridized carbons (Fsp3) is 0.519. The van der Waals surface area contributed by atoms with E-state index in [1.54, 1.807) is 51.0 Å². The molecule has 4 atom stereocenters. The Labute approximate surface area is 224 Å². The molecule has 2 aromatic rings. The molecule has 9 heteroatoms. The van der Waals surface area contributed by atoms with Gasteiger partial charge in [-0.15, -0.1) is 0 Å². The van der Waals surface area contributed by atoms with Crippen molar-refractivity contribution in [3.8, 4) is 0 Å². The third-order valence-corrected chi connectivity index (χ3v) is 9.79. The van der Waals surface area contributed by atoms with Crippen molar-refractivity contribution < 1.29 is 22.7 Å². The fourth-order valence-corrected chi connectivity index (χ4v) is 6.15. The maximum Gasteiger partial charge on any atom is 0.252 e. The minimum Gasteiger partial charge on any atom is -0.385 e. The summed E-state index contributed by atoms with van der Waals surface area (Å²) in [6.45, 7) is 7.29. The molecule has 1 heterocycles. The molecule has 0 aromatic heterocycles. The Morgan fingerprint density at radius 2 is 1.72 bits per heavy atom. The van der Waals surface area contributed by atoms with E-state index in [1.807, 2.05) is 37.3 Å². The molecular weight excluding hydrogens is 521 g/mol. The number of halogens is 2. The Bertz CT molecular complexity index is 1150. The van der Waals surface area contributed by atoms with E-state index >= 15 is 0 Å². The number of carbonyl (C=O) groups is 1. The van der Waals surface area contributed by atoms with Gasteiger partial charge in [-0.05, 0) is 62.6 Å². The van der Waals surface area contributed by atoms with Crippen LogP contribution in [0.3, 0.4) is 0 Å². The van der Waals surface area contributed by atoms with Gasteiger partial charge in [0.05, 0.1) is 16.5 Å². The van der Waals surface area contributed by atoms with Gasteiger partial charge in [-0.2, -0.15) is 0 Å². The first kappa shape index (κ1) is 28.9. The van der Waals surface area contributed by atoms with Gasteiger partial charge in [0, 0.05) is 36.2 Å². The Morgan fingerprint density at radius 1 is 1.06 bits per heavy atom. The Balaban J connectivity index is 2.19. The monoisotopic (exact) mass is 555 g/mol. The number of hydrogen-bond donors (Lipinski definition) is 0. The summed E-state index contributed by atoms with van der Waals surface area (Å²) in [5, 5.41) is 1.11. The molecule has 1 saturated heterocycles. The summed E-state index contributed by atoms with van der Waals surface area (Å²) in [6, 6.07) is 13.5. The zero-order valence-electron chi connectivity index (χ0n) is 21.4. The predicted octanol–water partition coefficient (Wildman–Crippen LogP) is 6.03. The molecule has 0 saturated carbocycles. The molecule has 0 radical (unpaired) electrons. The lowest BCUT2D eigenvalue weighted by Crippen LogP contribution is -2.57. The van der Waals surface area contributed by atoms with Gasteiger partial charge in [-0.1, -0.05) is 54.4 Å². The number of carbonyl (C=O) groups excluding carboxylic acids is 1. The van der Waals surface area contributed by atoms with Crippen LogP contribution in [0, 0.1) is 0 Å². The lowest BCUT2D eigenvalue weighted by molar-refractivity contribution is -0.180. The first-order valence-corrected chi connectivity index (χ1v) is 14.5. The van der Waals surface area contributed by atoms with Crippen LogP contribution >= 0.6 is 23.2 Å². The van der Waals surface area contributed by atoms with E-state index in [0.717, 1.165) is 11.1 Å². The van der Waals surface area contributed by atoms with E-state index in [1.165, 1.54) is 0 Å². The molecule has 1 aliphatic heterocycles. The molecule has 4 unspecified atom stereocenters. The van der Waals surface area contributed by atoms with Crippen LogP contribution in [0.5, 0.6) is 0 Å². The average molecular weight is 557 g/mol. The molecule has 198 valence electrons. The van der Waals surface area contributed by atoms with Crippen molar-refractivity contribution in [2.24, 2.45) is 0 Å². The van der Waals surface area contributed by atoms with Crippen LogP contribution in [0.15, 0.2) is 48.5 Å². The maximum absolute atomic E-state index is 14.0. The van der Waals surface area contributed by atoms with E-state index in [4.69, 9.17) is 32.7 Å². The van der Waals surface area contributed by atoms with Crippen LogP contribution in [0.1, 0.15) is 63.8 Å². The molecule has 36 heavy (non-hydrogen) atoms. The number of methoxy groups -OCH3 is 1. The first-order chi connectivity index (χ1) is 16.9. The Kier molecular flexibility index (Phi) is 9.50. The normalized spacial score (nSPS) is 22.0. The summed E-state index contributed by atoms with van der Waals surface area (Å²) in [7, 11) is -1.95. The largest absolute Gasteiger partial charge is 0.385 e. The molecule has 6 nitrogen and oxygen atoms in total. The number of hydrogen-bond acceptors (Lipinski definition) is 5. The number of ether oxygens (including phenoxy) is 2. The van der Waals surface area contributed by atoms with Crippen LogP contribution in [0.25, 0.3) is 0 Å². The highest BCUT2D eigenvalue weighted by Gasteiger charge is 2.47. The van der Waals surface area contributed by atoms with Crippen molar-refractivity contribution in [1.29, 1.82) is 0 Å². The van der Waals surface area contributed by atoms with E-state index < -0.39 is 38.9 Å². The van der Waals surface area contributed by atoms with Crippen LogP contribution in [0.4, 0.5) is 0 Å². The summed E-state index contributed by atoms with van der Waals surface area (Å²) in [4.78, 5) is 15.7. The summed E-state index contributed by atoms with van der Waals surface area (Å²) in [5.41, 5.74) is 1.60. The molecule has 0 spiro atoms. The quantitative estimate of drug-likeness (QED) is 0.377. The average Bonchev–Trinajstić information content (AvgIpc) is 2.81. The van der Waals surface area contributed by atoms with Crippen molar-refractivity contribution in [3.63, 3.8) is 0 Å². The van der Waals surface area contributed by atoms with Gasteiger partial charge in [0.25, 0.3) is 5.91 Å². The first-order valence-electron chi connectivity index (χ1n) is 12.1. The predicted molar refractivity (Wildman–Crippen MR) is 144 cm³/mol. The zero-order valence-corrected chi connectivity index (χ0v) is 23.7. The minimum absolute atomic E-state index is 0.151. The van der Waals surface area contributed by atoms with Gasteiger partial charge in [0.1, 0.15) is 12.2 Å². The van der Waals surface area contributed by atoms with E-state index in [2.05, 4.69) is 0 Å². The van der Waals surface area contributed by atoms with Crippen molar-refractivity contribution in [3.05, 3.63) is 69.7 Å². The molecular formula is C27H35Cl2NO5S. The van der Waals surface area contributed by atoms with Gasteiger partial charge in [-0.3, -0.25) is 4.79 Å². The summed E-state index contributed by atoms with van der Waals surface area (Å²) in [5.74, 6) is -0.400. The van der Waals surface area contributed by atoms with Crippen LogP contribution < -0.4 is 0 Å². The van der Waals surface area contributed by atoms with Crippen molar-refractivity contribution in [2.45, 2.75) is 69.6 Å². The molecule has 0 aliphatic carbocycles. The summed E-state index contributed by atoms with van der Waals surface area (Å²) >= 11 is 12.5. The smallest absolute Gasteiger partial charge is 0.252 e. The van der Waals surface area contributed by atoms with E-state index in [0.29, 0.717) is 29.5 Å². The number of amides is 1. The van der Waals surface area contributed by atoms with Gasteiger partial charge in [0.15, 0.2) is 9.84 Å². The second-order valence-corrected chi connectivity index (χ2v) is 13.7. The Hall–Kier alpha value is -1.64. The van der Waals surface area contributed by atoms with Gasteiger partial charge in [-0.25, -0.2) is 8.42 Å². The second-order valence-electron chi connectivity index (χ2n) is 10.1. The lowest BCUT2D eigenvalue weighted by Gasteiger charge is -2.48. The second kappa shape index (κ2) is 11.8.